The lowest BCUT2D eigenvalue weighted by Gasteiger charge is -2.39. The number of pyridine rings is 1. The first-order valence-corrected chi connectivity index (χ1v) is 17.6. The fraction of sp³-hybridized carbons (Fsp3) is 0.333. The lowest BCUT2D eigenvalue weighted by atomic mass is 9.87. The van der Waals surface area contributed by atoms with Crippen LogP contribution >= 0.6 is 0 Å². The van der Waals surface area contributed by atoms with Crippen molar-refractivity contribution in [3.63, 3.8) is 0 Å². The van der Waals surface area contributed by atoms with Crippen molar-refractivity contribution in [3.8, 4) is 0 Å². The van der Waals surface area contributed by atoms with E-state index in [0.29, 0.717) is 5.39 Å². The standard InChI is InChI=1S/C33H38N4O6S2/c1-33(2,3)26-14-16-27(17-15-26)44(40,41)36-20-21-37(45(42,43)30-13-7-11-25-12-8-19-34-31(25)30)29(23-36)32(39)35-28(18-22-38)24-9-5-4-6-10-24/h4-17,19,28-29,38H,18,20-23H2,1-3H3,(H,35,39)/t28-,29?/m0/s1. The molecule has 45 heavy (non-hydrogen) atoms. The first-order valence-electron chi connectivity index (χ1n) is 14.8. The highest BCUT2D eigenvalue weighted by molar-refractivity contribution is 7.89. The van der Waals surface area contributed by atoms with Gasteiger partial charge in [-0.05, 0) is 47.2 Å². The first-order chi connectivity index (χ1) is 21.3. The Kier molecular flexibility index (Phi) is 9.43. The van der Waals surface area contributed by atoms with Gasteiger partial charge >= 0.3 is 0 Å². The molecule has 10 nitrogen and oxygen atoms in total. The van der Waals surface area contributed by atoms with Crippen LogP contribution in [0.2, 0.25) is 0 Å². The van der Waals surface area contributed by atoms with Crippen LogP contribution in [0.5, 0.6) is 0 Å². The molecule has 2 atom stereocenters. The Morgan fingerprint density at radius 3 is 2.27 bits per heavy atom. The molecule has 1 amide bonds. The zero-order valence-corrected chi connectivity index (χ0v) is 27.1. The highest BCUT2D eigenvalue weighted by atomic mass is 32.2. The summed E-state index contributed by atoms with van der Waals surface area (Å²) in [4.78, 5) is 18.3. The SMILES string of the molecule is CC(C)(C)c1ccc(S(=O)(=O)N2CCN(S(=O)(=O)c3cccc4cccnc34)C(C(=O)N[C@@H](CCO)c3ccccc3)C2)cc1. The number of hydrogen-bond acceptors (Lipinski definition) is 7. The maximum Gasteiger partial charge on any atom is 0.246 e. The van der Waals surface area contributed by atoms with Crippen LogP contribution in [-0.4, -0.2) is 73.7 Å². The van der Waals surface area contributed by atoms with E-state index in [1.807, 2.05) is 26.8 Å². The molecule has 3 aromatic carbocycles. The van der Waals surface area contributed by atoms with Gasteiger partial charge in [0.05, 0.1) is 16.5 Å². The second kappa shape index (κ2) is 13.0. The topological polar surface area (TPSA) is 137 Å². The quantitative estimate of drug-likeness (QED) is 0.281. The molecule has 2 N–H and O–H groups in total. The van der Waals surface area contributed by atoms with Crippen LogP contribution in [0.3, 0.4) is 0 Å². The second-order valence-corrected chi connectivity index (χ2v) is 15.9. The summed E-state index contributed by atoms with van der Waals surface area (Å²) in [6, 6.07) is 21.9. The third-order valence-corrected chi connectivity index (χ3v) is 11.9. The van der Waals surface area contributed by atoms with Crippen LogP contribution < -0.4 is 5.32 Å². The molecule has 0 spiro atoms. The number of sulfonamides is 2. The van der Waals surface area contributed by atoms with Crippen LogP contribution in [0, 0.1) is 0 Å². The number of rotatable bonds is 9. The van der Waals surface area contributed by atoms with E-state index in [0.717, 1.165) is 15.4 Å². The molecule has 5 rings (SSSR count). The highest BCUT2D eigenvalue weighted by Gasteiger charge is 2.44. The fourth-order valence-electron chi connectivity index (χ4n) is 5.55. The minimum Gasteiger partial charge on any atom is -0.396 e. The van der Waals surface area contributed by atoms with Gasteiger partial charge in [0.1, 0.15) is 10.9 Å². The maximum absolute atomic E-state index is 14.3. The molecule has 1 fully saturated rings. The molecule has 0 bridgehead atoms. The van der Waals surface area contributed by atoms with Crippen LogP contribution in [0.1, 0.15) is 44.4 Å². The largest absolute Gasteiger partial charge is 0.396 e. The summed E-state index contributed by atoms with van der Waals surface area (Å²) in [5, 5.41) is 13.2. The fourth-order valence-corrected chi connectivity index (χ4v) is 8.73. The number of benzene rings is 3. The average molecular weight is 651 g/mol. The summed E-state index contributed by atoms with van der Waals surface area (Å²) in [7, 11) is -8.38. The second-order valence-electron chi connectivity index (χ2n) is 12.1. The normalized spacial score (nSPS) is 17.6. The van der Waals surface area contributed by atoms with Gasteiger partial charge in [-0.3, -0.25) is 9.78 Å². The van der Waals surface area contributed by atoms with Gasteiger partial charge in [-0.2, -0.15) is 8.61 Å². The third-order valence-electron chi connectivity index (χ3n) is 8.07. The van der Waals surface area contributed by atoms with Gasteiger partial charge < -0.3 is 10.4 Å². The number of carbonyl (C=O) groups excluding carboxylic acids is 1. The number of amides is 1. The van der Waals surface area contributed by atoms with Crippen molar-refractivity contribution >= 4 is 36.9 Å². The predicted molar refractivity (Wildman–Crippen MR) is 172 cm³/mol. The molecular weight excluding hydrogens is 613 g/mol. The van der Waals surface area contributed by atoms with Crippen molar-refractivity contribution in [2.24, 2.45) is 0 Å². The van der Waals surface area contributed by atoms with Crippen LogP contribution in [-0.2, 0) is 30.3 Å². The van der Waals surface area contributed by atoms with Gasteiger partial charge in [0.2, 0.25) is 26.0 Å². The molecule has 1 aliphatic rings. The summed E-state index contributed by atoms with van der Waals surface area (Å²) < 4.78 is 58.4. The minimum absolute atomic E-state index is 0.0617. The van der Waals surface area contributed by atoms with Crippen molar-refractivity contribution in [2.45, 2.75) is 54.5 Å². The lowest BCUT2D eigenvalue weighted by molar-refractivity contribution is -0.126. The van der Waals surface area contributed by atoms with Gasteiger partial charge in [-0.1, -0.05) is 81.4 Å². The molecule has 0 radical (unpaired) electrons. The van der Waals surface area contributed by atoms with Crippen LogP contribution in [0.4, 0.5) is 0 Å². The summed E-state index contributed by atoms with van der Waals surface area (Å²) in [6.07, 6.45) is 1.69. The van der Waals surface area contributed by atoms with Crippen molar-refractivity contribution in [1.82, 2.24) is 18.9 Å². The Morgan fingerprint density at radius 2 is 1.60 bits per heavy atom. The molecule has 1 aromatic heterocycles. The molecule has 0 saturated carbocycles. The molecular formula is C33H38N4O6S2. The Hall–Kier alpha value is -3.68. The van der Waals surface area contributed by atoms with Crippen molar-refractivity contribution in [3.05, 3.63) is 102 Å². The molecule has 1 unspecified atom stereocenters. The smallest absolute Gasteiger partial charge is 0.246 e. The Balaban J connectivity index is 1.52. The van der Waals surface area contributed by atoms with Crippen LogP contribution in [0.15, 0.2) is 101 Å². The predicted octanol–water partition coefficient (Wildman–Crippen LogP) is 3.84. The number of nitrogens with one attached hydrogen (secondary N) is 1. The lowest BCUT2D eigenvalue weighted by Crippen LogP contribution is -2.61. The van der Waals surface area contributed by atoms with E-state index < -0.39 is 44.6 Å². The number of carbonyl (C=O) groups is 1. The van der Waals surface area contributed by atoms with E-state index >= 15 is 0 Å². The summed E-state index contributed by atoms with van der Waals surface area (Å²) in [6.45, 7) is 5.08. The number of piperazine rings is 1. The third kappa shape index (κ3) is 6.80. The zero-order valence-electron chi connectivity index (χ0n) is 25.5. The maximum atomic E-state index is 14.3. The number of aromatic nitrogens is 1. The van der Waals surface area contributed by atoms with Crippen molar-refractivity contribution in [2.75, 3.05) is 26.2 Å². The number of para-hydroxylation sites is 1. The number of fused-ring (bicyclic) bond motifs is 1. The summed E-state index contributed by atoms with van der Waals surface area (Å²) in [5.41, 5.74) is 1.78. The number of hydrogen-bond donors (Lipinski definition) is 2. The van der Waals surface area contributed by atoms with Crippen LogP contribution in [0.25, 0.3) is 10.9 Å². The Morgan fingerprint density at radius 1 is 0.911 bits per heavy atom. The number of nitrogens with zero attached hydrogens (tertiary/aromatic N) is 3. The number of aliphatic hydroxyl groups excluding tert-OH is 1. The van der Waals surface area contributed by atoms with E-state index in [4.69, 9.17) is 0 Å². The van der Waals surface area contributed by atoms with Gasteiger partial charge in [0.15, 0.2) is 0 Å². The van der Waals surface area contributed by atoms with Crippen molar-refractivity contribution in [1.29, 1.82) is 0 Å². The van der Waals surface area contributed by atoms with Gasteiger partial charge in [-0.25, -0.2) is 16.8 Å². The summed E-state index contributed by atoms with van der Waals surface area (Å²) in [5.74, 6) is -0.669. The molecule has 0 aliphatic carbocycles. The van der Waals surface area contributed by atoms with Gasteiger partial charge in [0, 0.05) is 37.8 Å². The molecule has 1 saturated heterocycles. The van der Waals surface area contributed by atoms with E-state index in [9.17, 15) is 26.7 Å². The molecule has 12 heteroatoms. The zero-order chi connectivity index (χ0) is 32.4. The minimum atomic E-state index is -4.31. The van der Waals surface area contributed by atoms with Crippen molar-refractivity contribution < 1.29 is 26.7 Å². The van der Waals surface area contributed by atoms with E-state index in [2.05, 4.69) is 10.3 Å². The van der Waals surface area contributed by atoms with E-state index in [-0.39, 0.29) is 46.8 Å². The number of aliphatic hydroxyl groups is 1. The van der Waals surface area contributed by atoms with Gasteiger partial charge in [0.25, 0.3) is 0 Å². The summed E-state index contributed by atoms with van der Waals surface area (Å²) >= 11 is 0. The van der Waals surface area contributed by atoms with E-state index in [1.54, 1.807) is 72.8 Å². The van der Waals surface area contributed by atoms with Gasteiger partial charge in [-0.15, -0.1) is 0 Å². The molecule has 2 heterocycles. The Labute approximate surface area is 264 Å². The first kappa shape index (κ1) is 32.7. The molecule has 1 aliphatic heterocycles. The molecule has 4 aromatic rings. The molecule has 238 valence electrons. The Bertz CT molecular complexity index is 1870. The average Bonchev–Trinajstić information content (AvgIpc) is 3.04. The monoisotopic (exact) mass is 650 g/mol. The highest BCUT2D eigenvalue weighted by Crippen LogP contribution is 2.30. The van der Waals surface area contributed by atoms with E-state index in [1.165, 1.54) is 16.6 Å².